The number of nitrogens with zero attached hydrogens (tertiary/aromatic N) is 2. The molecule has 1 saturated heterocycles. The number of aryl methyl sites for hydroxylation is 1. The van der Waals surface area contributed by atoms with Crippen molar-refractivity contribution >= 4 is 28.3 Å². The molecule has 0 radical (unpaired) electrons. The van der Waals surface area contributed by atoms with E-state index in [1.54, 1.807) is 13.2 Å². The summed E-state index contributed by atoms with van der Waals surface area (Å²) in [5.41, 5.74) is 0.413. The minimum atomic E-state index is -1.03. The van der Waals surface area contributed by atoms with Crippen LogP contribution in [0.3, 0.4) is 0 Å². The van der Waals surface area contributed by atoms with E-state index in [1.807, 2.05) is 12.1 Å². The molecule has 1 fully saturated rings. The molecule has 25 heavy (non-hydrogen) atoms. The molecule has 8 heteroatoms. The van der Waals surface area contributed by atoms with Crippen LogP contribution in [0.2, 0.25) is 0 Å². The fourth-order valence-corrected chi connectivity index (χ4v) is 3.97. The maximum absolute atomic E-state index is 12.4. The largest absolute Gasteiger partial charge is 0.477 e. The average Bonchev–Trinajstić information content (AvgIpc) is 3.14. The van der Waals surface area contributed by atoms with Gasteiger partial charge in [0, 0.05) is 0 Å². The molecule has 2 aromatic heterocycles. The zero-order chi connectivity index (χ0) is 17.8. The molecule has 0 aliphatic carbocycles. The van der Waals surface area contributed by atoms with Gasteiger partial charge in [-0.25, -0.2) is 9.78 Å². The van der Waals surface area contributed by atoms with E-state index >= 15 is 0 Å². The quantitative estimate of drug-likeness (QED) is 0.846. The van der Waals surface area contributed by atoms with Gasteiger partial charge in [0.15, 0.2) is 5.13 Å². The molecule has 0 unspecified atom stereocenters. The smallest absolute Gasteiger partial charge is 0.347 e. The molecule has 7 nitrogen and oxygen atoms in total. The number of furan rings is 1. The predicted molar refractivity (Wildman–Crippen MR) is 93.9 cm³/mol. The predicted octanol–water partition coefficient (Wildman–Crippen LogP) is 3.30. The van der Waals surface area contributed by atoms with Crippen LogP contribution in [-0.2, 0) is 4.79 Å². The minimum absolute atomic E-state index is 0.0934. The second-order valence-electron chi connectivity index (χ2n) is 6.14. The summed E-state index contributed by atoms with van der Waals surface area (Å²) in [5, 5.41) is 12.1. The molecule has 1 aliphatic rings. The van der Waals surface area contributed by atoms with Crippen molar-refractivity contribution in [3.05, 3.63) is 34.7 Å². The summed E-state index contributed by atoms with van der Waals surface area (Å²) in [6.07, 6.45) is 5.91. The fraction of sp³-hybridized carbons (Fsp3) is 0.471. The Bertz CT molecular complexity index is 741. The molecule has 1 atom stereocenters. The third-order valence-corrected chi connectivity index (χ3v) is 5.38. The third-order valence-electron chi connectivity index (χ3n) is 4.32. The highest BCUT2D eigenvalue weighted by atomic mass is 32.1. The molecule has 1 amide bonds. The van der Waals surface area contributed by atoms with E-state index in [-0.39, 0.29) is 23.4 Å². The van der Waals surface area contributed by atoms with Crippen LogP contribution in [0.25, 0.3) is 0 Å². The molecule has 0 saturated carbocycles. The summed E-state index contributed by atoms with van der Waals surface area (Å²) in [5.74, 6) is -0.335. The first-order valence-electron chi connectivity index (χ1n) is 8.32. The number of amides is 1. The molecule has 2 N–H and O–H groups in total. The zero-order valence-corrected chi connectivity index (χ0v) is 14.8. The molecule has 3 heterocycles. The van der Waals surface area contributed by atoms with E-state index in [2.05, 4.69) is 15.2 Å². The van der Waals surface area contributed by atoms with Gasteiger partial charge >= 0.3 is 5.97 Å². The SMILES string of the molecule is Cc1nc(NC(=O)CN2CCCCC[C@H]2c2ccco2)sc1C(=O)O. The Kier molecular flexibility index (Phi) is 5.50. The maximum Gasteiger partial charge on any atom is 0.347 e. The van der Waals surface area contributed by atoms with Gasteiger partial charge in [0.25, 0.3) is 0 Å². The van der Waals surface area contributed by atoms with Crippen LogP contribution in [0.15, 0.2) is 22.8 Å². The van der Waals surface area contributed by atoms with E-state index in [0.717, 1.165) is 49.3 Å². The van der Waals surface area contributed by atoms with Crippen molar-refractivity contribution in [3.63, 3.8) is 0 Å². The first kappa shape index (κ1) is 17.6. The van der Waals surface area contributed by atoms with Crippen molar-refractivity contribution in [3.8, 4) is 0 Å². The third kappa shape index (κ3) is 4.26. The minimum Gasteiger partial charge on any atom is -0.477 e. The lowest BCUT2D eigenvalue weighted by Crippen LogP contribution is -2.36. The summed E-state index contributed by atoms with van der Waals surface area (Å²) in [4.78, 5) is 29.9. The van der Waals surface area contributed by atoms with Gasteiger partial charge in [-0.1, -0.05) is 24.2 Å². The normalized spacial score (nSPS) is 18.7. The van der Waals surface area contributed by atoms with E-state index < -0.39 is 5.97 Å². The van der Waals surface area contributed by atoms with Crippen LogP contribution in [0.1, 0.15) is 52.9 Å². The lowest BCUT2D eigenvalue weighted by molar-refractivity contribution is -0.118. The second-order valence-corrected chi connectivity index (χ2v) is 7.14. The number of carboxylic acids is 1. The Balaban J connectivity index is 1.67. The number of hydrogen-bond donors (Lipinski definition) is 2. The number of hydrogen-bond acceptors (Lipinski definition) is 6. The van der Waals surface area contributed by atoms with Crippen molar-refractivity contribution in [2.24, 2.45) is 0 Å². The number of aromatic nitrogens is 1. The van der Waals surface area contributed by atoms with E-state index in [4.69, 9.17) is 9.52 Å². The molecule has 1 aliphatic heterocycles. The Morgan fingerprint density at radius 1 is 1.44 bits per heavy atom. The molecule has 0 aromatic carbocycles. The highest BCUT2D eigenvalue weighted by Gasteiger charge is 2.26. The number of nitrogens with one attached hydrogen (secondary N) is 1. The van der Waals surface area contributed by atoms with Gasteiger partial charge in [0.2, 0.25) is 5.91 Å². The standard InChI is InChI=1S/C17H21N3O4S/c1-11-15(16(22)23)25-17(18-11)19-14(21)10-20-8-4-2-3-6-12(20)13-7-5-9-24-13/h5,7,9,12H,2-4,6,8,10H2,1H3,(H,22,23)(H,18,19,21)/t12-/m0/s1. The Morgan fingerprint density at radius 2 is 2.28 bits per heavy atom. The van der Waals surface area contributed by atoms with Crippen molar-refractivity contribution in [2.45, 2.75) is 38.6 Å². The zero-order valence-electron chi connectivity index (χ0n) is 14.0. The van der Waals surface area contributed by atoms with Crippen molar-refractivity contribution in [2.75, 3.05) is 18.4 Å². The highest BCUT2D eigenvalue weighted by Crippen LogP contribution is 2.30. The summed E-state index contributed by atoms with van der Waals surface area (Å²) < 4.78 is 5.56. The molecular formula is C17H21N3O4S. The highest BCUT2D eigenvalue weighted by molar-refractivity contribution is 7.17. The average molecular weight is 363 g/mol. The van der Waals surface area contributed by atoms with Gasteiger partial charge in [-0.05, 0) is 38.4 Å². The van der Waals surface area contributed by atoms with Crippen LogP contribution in [0, 0.1) is 6.92 Å². The van der Waals surface area contributed by atoms with Gasteiger partial charge in [0.1, 0.15) is 10.6 Å². The van der Waals surface area contributed by atoms with E-state index in [1.165, 1.54) is 0 Å². The van der Waals surface area contributed by atoms with Crippen LogP contribution >= 0.6 is 11.3 Å². The molecule has 2 aromatic rings. The first-order chi connectivity index (χ1) is 12.0. The lowest BCUT2D eigenvalue weighted by Gasteiger charge is -2.27. The van der Waals surface area contributed by atoms with Crippen molar-refractivity contribution < 1.29 is 19.1 Å². The molecule has 0 bridgehead atoms. The van der Waals surface area contributed by atoms with Gasteiger partial charge in [-0.2, -0.15) is 0 Å². The summed E-state index contributed by atoms with van der Waals surface area (Å²) in [6.45, 7) is 2.68. The van der Waals surface area contributed by atoms with E-state index in [9.17, 15) is 9.59 Å². The number of aromatic carboxylic acids is 1. The number of carbonyl (C=O) groups excluding carboxylic acids is 1. The van der Waals surface area contributed by atoms with Crippen LogP contribution in [0.5, 0.6) is 0 Å². The van der Waals surface area contributed by atoms with Crippen molar-refractivity contribution in [1.82, 2.24) is 9.88 Å². The van der Waals surface area contributed by atoms with E-state index in [0.29, 0.717) is 10.8 Å². The van der Waals surface area contributed by atoms with Crippen LogP contribution in [0.4, 0.5) is 5.13 Å². The fourth-order valence-electron chi connectivity index (χ4n) is 3.15. The Labute approximate surface area is 149 Å². The van der Waals surface area contributed by atoms with Crippen molar-refractivity contribution in [1.29, 1.82) is 0 Å². The number of thiazole rings is 1. The molecule has 3 rings (SSSR count). The van der Waals surface area contributed by atoms with Gasteiger partial charge in [-0.15, -0.1) is 0 Å². The Hall–Kier alpha value is -2.19. The van der Waals surface area contributed by atoms with Gasteiger partial charge in [-0.3, -0.25) is 9.69 Å². The topological polar surface area (TPSA) is 95.7 Å². The number of carbonyl (C=O) groups is 2. The Morgan fingerprint density at radius 3 is 2.96 bits per heavy atom. The van der Waals surface area contributed by atoms with Gasteiger partial charge in [0.05, 0.1) is 24.5 Å². The lowest BCUT2D eigenvalue weighted by atomic mass is 10.1. The number of likely N-dealkylation sites (tertiary alicyclic amines) is 1. The number of anilines is 1. The molecular weight excluding hydrogens is 342 g/mol. The van der Waals surface area contributed by atoms with Crippen LogP contribution in [-0.4, -0.2) is 40.0 Å². The second kappa shape index (κ2) is 7.79. The number of carboxylic acid groups (broad SMARTS) is 1. The monoisotopic (exact) mass is 363 g/mol. The summed E-state index contributed by atoms with van der Waals surface area (Å²) in [7, 11) is 0. The number of rotatable bonds is 5. The maximum atomic E-state index is 12.4. The molecule has 134 valence electrons. The van der Waals surface area contributed by atoms with Crippen LogP contribution < -0.4 is 5.32 Å². The summed E-state index contributed by atoms with van der Waals surface area (Å²) in [6, 6.07) is 3.91. The van der Waals surface area contributed by atoms with Gasteiger partial charge < -0.3 is 14.8 Å². The summed E-state index contributed by atoms with van der Waals surface area (Å²) >= 11 is 0.981. The first-order valence-corrected chi connectivity index (χ1v) is 9.14. The molecule has 0 spiro atoms.